The van der Waals surface area contributed by atoms with Crippen molar-refractivity contribution in [2.24, 2.45) is 0 Å². The normalized spacial score (nSPS) is 12.6. The Balaban J connectivity index is 2.92. The van der Waals surface area contributed by atoms with Gasteiger partial charge in [0.1, 0.15) is 0 Å². The molecule has 0 amide bonds. The summed E-state index contributed by atoms with van der Waals surface area (Å²) in [6.45, 7) is 1.28. The van der Waals surface area contributed by atoms with Gasteiger partial charge in [-0.15, -0.1) is 0 Å². The highest BCUT2D eigenvalue weighted by atomic mass is 19.2. The predicted octanol–water partition coefficient (Wildman–Crippen LogP) is 1.29. The first-order chi connectivity index (χ1) is 6.54. The molecule has 0 saturated heterocycles. The van der Waals surface area contributed by atoms with Gasteiger partial charge in [-0.25, -0.2) is 8.78 Å². The highest BCUT2D eigenvalue weighted by Crippen LogP contribution is 2.14. The lowest BCUT2D eigenvalue weighted by atomic mass is 10.3. The van der Waals surface area contributed by atoms with Crippen molar-refractivity contribution in [1.82, 2.24) is 4.98 Å². The van der Waals surface area contributed by atoms with E-state index in [1.165, 1.54) is 0 Å². The third-order valence-electron chi connectivity index (χ3n) is 1.54. The fraction of sp³-hybridized carbons (Fsp3) is 0.375. The van der Waals surface area contributed by atoms with Gasteiger partial charge in [0.2, 0.25) is 0 Å². The molecule has 0 aliphatic carbocycles. The molecule has 2 N–H and O–H groups in total. The maximum atomic E-state index is 12.9. The van der Waals surface area contributed by atoms with E-state index in [4.69, 9.17) is 5.11 Å². The molecule has 14 heavy (non-hydrogen) atoms. The Labute approximate surface area is 78.6 Å². The zero-order chi connectivity index (χ0) is 10.7. The minimum atomic E-state index is -1.38. The van der Waals surface area contributed by atoms with Crippen LogP contribution in [0.1, 0.15) is 6.92 Å². The lowest BCUT2D eigenvalue weighted by Crippen LogP contribution is -2.21. The molecule has 0 bridgehead atoms. The first kappa shape index (κ1) is 10.8. The van der Waals surface area contributed by atoms with Gasteiger partial charge in [0.25, 0.3) is 5.95 Å². The Kier molecular flexibility index (Phi) is 3.29. The smallest absolute Gasteiger partial charge is 0.251 e. The summed E-state index contributed by atoms with van der Waals surface area (Å²) >= 11 is 0. The molecule has 1 aromatic heterocycles. The molecule has 1 unspecified atom stereocenters. The van der Waals surface area contributed by atoms with E-state index in [1.807, 2.05) is 0 Å². The monoisotopic (exact) mass is 206 g/mol. The number of aliphatic hydroxyl groups is 1. The van der Waals surface area contributed by atoms with E-state index in [-0.39, 0.29) is 6.61 Å². The number of nitrogens with zero attached hydrogens (tertiary/aromatic N) is 1. The predicted molar refractivity (Wildman–Crippen MR) is 44.3 cm³/mol. The first-order valence-corrected chi connectivity index (χ1v) is 3.93. The summed E-state index contributed by atoms with van der Waals surface area (Å²) in [6.07, 6.45) is 0. The minimum Gasteiger partial charge on any atom is -0.394 e. The maximum Gasteiger partial charge on any atom is 0.251 e. The number of aliphatic hydroxyl groups excluding tert-OH is 1. The molecular formula is C8H9F3N2O. The van der Waals surface area contributed by atoms with Gasteiger partial charge in [-0.1, -0.05) is 0 Å². The Bertz CT molecular complexity index is 333. The van der Waals surface area contributed by atoms with Crippen LogP contribution in [0.5, 0.6) is 0 Å². The topological polar surface area (TPSA) is 45.1 Å². The zero-order valence-corrected chi connectivity index (χ0v) is 7.39. The van der Waals surface area contributed by atoms with Crippen molar-refractivity contribution >= 4 is 5.82 Å². The van der Waals surface area contributed by atoms with Crippen LogP contribution in [0.15, 0.2) is 6.07 Å². The summed E-state index contributed by atoms with van der Waals surface area (Å²) in [5.41, 5.74) is 0. The van der Waals surface area contributed by atoms with Gasteiger partial charge >= 0.3 is 0 Å². The molecule has 1 atom stereocenters. The number of aromatic nitrogens is 1. The van der Waals surface area contributed by atoms with Gasteiger partial charge in [0.15, 0.2) is 17.5 Å². The van der Waals surface area contributed by atoms with Crippen molar-refractivity contribution in [3.05, 3.63) is 23.6 Å². The number of rotatable bonds is 3. The molecule has 0 radical (unpaired) electrons. The van der Waals surface area contributed by atoms with Gasteiger partial charge in [0, 0.05) is 12.1 Å². The van der Waals surface area contributed by atoms with E-state index >= 15 is 0 Å². The molecule has 1 aromatic rings. The Morgan fingerprint density at radius 3 is 2.64 bits per heavy atom. The van der Waals surface area contributed by atoms with Gasteiger partial charge in [-0.3, -0.25) is 0 Å². The van der Waals surface area contributed by atoms with Crippen molar-refractivity contribution in [3.63, 3.8) is 0 Å². The van der Waals surface area contributed by atoms with Crippen molar-refractivity contribution in [1.29, 1.82) is 0 Å². The highest BCUT2D eigenvalue weighted by molar-refractivity contribution is 5.37. The molecule has 0 aromatic carbocycles. The molecule has 1 heterocycles. The van der Waals surface area contributed by atoms with Crippen molar-refractivity contribution in [2.75, 3.05) is 11.9 Å². The summed E-state index contributed by atoms with van der Waals surface area (Å²) in [5.74, 6) is -4.13. The fourth-order valence-corrected chi connectivity index (χ4v) is 0.824. The summed E-state index contributed by atoms with van der Waals surface area (Å²) in [6, 6.07) is -0.0868. The Morgan fingerprint density at radius 2 is 2.07 bits per heavy atom. The van der Waals surface area contributed by atoms with Crippen LogP contribution in [-0.2, 0) is 0 Å². The molecule has 0 saturated carbocycles. The highest BCUT2D eigenvalue weighted by Gasteiger charge is 2.12. The van der Waals surface area contributed by atoms with E-state index in [1.54, 1.807) is 6.92 Å². The van der Waals surface area contributed by atoms with Gasteiger partial charge in [0.05, 0.1) is 6.61 Å². The van der Waals surface area contributed by atoms with E-state index < -0.39 is 29.4 Å². The fourth-order valence-electron chi connectivity index (χ4n) is 0.824. The molecular weight excluding hydrogens is 197 g/mol. The largest absolute Gasteiger partial charge is 0.394 e. The van der Waals surface area contributed by atoms with E-state index in [0.29, 0.717) is 6.07 Å². The van der Waals surface area contributed by atoms with Crippen LogP contribution in [-0.4, -0.2) is 22.7 Å². The number of anilines is 1. The lowest BCUT2D eigenvalue weighted by molar-refractivity contribution is 0.280. The van der Waals surface area contributed by atoms with Crippen molar-refractivity contribution < 1.29 is 18.3 Å². The van der Waals surface area contributed by atoms with Crippen LogP contribution in [0, 0.1) is 17.6 Å². The second-order valence-electron chi connectivity index (χ2n) is 2.82. The second kappa shape index (κ2) is 4.28. The Morgan fingerprint density at radius 1 is 1.43 bits per heavy atom. The average molecular weight is 206 g/mol. The zero-order valence-electron chi connectivity index (χ0n) is 7.39. The van der Waals surface area contributed by atoms with Crippen LogP contribution in [0.4, 0.5) is 19.0 Å². The molecule has 0 aliphatic rings. The molecule has 78 valence electrons. The van der Waals surface area contributed by atoms with E-state index in [0.717, 1.165) is 0 Å². The quantitative estimate of drug-likeness (QED) is 0.732. The summed E-state index contributed by atoms with van der Waals surface area (Å²) in [5, 5.41) is 11.0. The molecule has 0 aliphatic heterocycles. The Hall–Kier alpha value is -1.30. The van der Waals surface area contributed by atoms with E-state index in [9.17, 15) is 13.2 Å². The number of hydrogen-bond donors (Lipinski definition) is 2. The second-order valence-corrected chi connectivity index (χ2v) is 2.82. The molecule has 0 spiro atoms. The number of halogens is 3. The third kappa shape index (κ3) is 2.35. The summed E-state index contributed by atoms with van der Waals surface area (Å²) in [7, 11) is 0. The number of nitrogens with one attached hydrogen (secondary N) is 1. The lowest BCUT2D eigenvalue weighted by Gasteiger charge is -2.11. The van der Waals surface area contributed by atoms with Crippen molar-refractivity contribution in [3.8, 4) is 0 Å². The van der Waals surface area contributed by atoms with Gasteiger partial charge < -0.3 is 10.4 Å². The van der Waals surface area contributed by atoms with Crippen molar-refractivity contribution in [2.45, 2.75) is 13.0 Å². The van der Waals surface area contributed by atoms with E-state index in [2.05, 4.69) is 10.3 Å². The summed E-state index contributed by atoms with van der Waals surface area (Å²) in [4.78, 5) is 3.02. The number of pyridine rings is 1. The first-order valence-electron chi connectivity index (χ1n) is 3.93. The van der Waals surface area contributed by atoms with Crippen LogP contribution >= 0.6 is 0 Å². The average Bonchev–Trinajstić information content (AvgIpc) is 2.14. The molecule has 6 heteroatoms. The SMILES string of the molecule is CC(CO)Nc1nc(F)c(F)cc1F. The molecule has 3 nitrogen and oxygen atoms in total. The molecule has 0 fully saturated rings. The van der Waals surface area contributed by atoms with Crippen LogP contribution in [0.25, 0.3) is 0 Å². The number of hydrogen-bond acceptors (Lipinski definition) is 3. The molecule has 1 rings (SSSR count). The standard InChI is InChI=1S/C8H9F3N2O/c1-4(3-14)12-8-6(10)2-5(9)7(11)13-8/h2,4,14H,3H2,1H3,(H,12,13). The maximum absolute atomic E-state index is 12.9. The van der Waals surface area contributed by atoms with Crippen LogP contribution in [0.3, 0.4) is 0 Å². The van der Waals surface area contributed by atoms with Gasteiger partial charge in [-0.2, -0.15) is 9.37 Å². The van der Waals surface area contributed by atoms with Crippen LogP contribution in [0.2, 0.25) is 0 Å². The summed E-state index contributed by atoms with van der Waals surface area (Å²) < 4.78 is 37.9. The van der Waals surface area contributed by atoms with Crippen LogP contribution < -0.4 is 5.32 Å². The minimum absolute atomic E-state index is 0.264. The van der Waals surface area contributed by atoms with Gasteiger partial charge in [-0.05, 0) is 6.92 Å². The third-order valence-corrected chi connectivity index (χ3v) is 1.54.